The van der Waals surface area contributed by atoms with Gasteiger partial charge in [0.05, 0.1) is 16.3 Å². The minimum Gasteiger partial charge on any atom is -0.338 e. The second-order valence-corrected chi connectivity index (χ2v) is 6.78. The molecule has 1 atom stereocenters. The second-order valence-electron chi connectivity index (χ2n) is 5.47. The standard InChI is InChI=1S/C15H16N4OS/c1-9(14-17-13(18-20-14)10-7-8-10)21-15-16-11-5-3-4-6-12(11)19(15)2/h3-6,9-10H,7-8H2,1-2H3. The average Bonchev–Trinajstić information content (AvgIpc) is 3.14. The minimum absolute atomic E-state index is 0.0977. The van der Waals surface area contributed by atoms with E-state index in [0.29, 0.717) is 11.8 Å². The molecular formula is C15H16N4OS. The van der Waals surface area contributed by atoms with Crippen LogP contribution in [0.4, 0.5) is 0 Å². The SMILES string of the molecule is CC(Sc1nc2ccccc2n1C)c1nc(C2CC2)no1. The lowest BCUT2D eigenvalue weighted by Crippen LogP contribution is -1.95. The molecule has 0 saturated heterocycles. The molecule has 0 amide bonds. The summed E-state index contributed by atoms with van der Waals surface area (Å²) < 4.78 is 7.50. The first-order chi connectivity index (χ1) is 10.2. The van der Waals surface area contributed by atoms with Gasteiger partial charge in [-0.3, -0.25) is 0 Å². The van der Waals surface area contributed by atoms with E-state index in [2.05, 4.69) is 32.7 Å². The van der Waals surface area contributed by atoms with Crippen molar-refractivity contribution >= 4 is 22.8 Å². The van der Waals surface area contributed by atoms with E-state index >= 15 is 0 Å². The molecule has 0 spiro atoms. The van der Waals surface area contributed by atoms with E-state index in [9.17, 15) is 0 Å². The van der Waals surface area contributed by atoms with E-state index in [1.807, 2.05) is 25.2 Å². The van der Waals surface area contributed by atoms with Gasteiger partial charge < -0.3 is 9.09 Å². The van der Waals surface area contributed by atoms with Crippen LogP contribution in [0.5, 0.6) is 0 Å². The van der Waals surface area contributed by atoms with E-state index in [1.165, 1.54) is 12.8 Å². The van der Waals surface area contributed by atoms with Gasteiger partial charge in [-0.15, -0.1) is 0 Å². The van der Waals surface area contributed by atoms with Gasteiger partial charge in [0.25, 0.3) is 0 Å². The summed E-state index contributed by atoms with van der Waals surface area (Å²) in [5.41, 5.74) is 2.15. The number of nitrogens with zero attached hydrogens (tertiary/aromatic N) is 4. The lowest BCUT2D eigenvalue weighted by Gasteiger charge is -2.05. The van der Waals surface area contributed by atoms with E-state index < -0.39 is 0 Å². The Balaban J connectivity index is 1.59. The Hall–Kier alpha value is -1.82. The molecule has 0 N–H and O–H groups in total. The van der Waals surface area contributed by atoms with Crippen LogP contribution in [0.2, 0.25) is 0 Å². The summed E-state index contributed by atoms with van der Waals surface area (Å²) >= 11 is 1.65. The van der Waals surface area contributed by atoms with Crippen LogP contribution in [0, 0.1) is 0 Å². The van der Waals surface area contributed by atoms with Gasteiger partial charge in [0.15, 0.2) is 11.0 Å². The maximum atomic E-state index is 5.39. The van der Waals surface area contributed by atoms with Crippen molar-refractivity contribution < 1.29 is 4.52 Å². The third kappa shape index (κ3) is 2.33. The highest BCUT2D eigenvalue weighted by atomic mass is 32.2. The zero-order chi connectivity index (χ0) is 14.4. The molecule has 2 aromatic heterocycles. The molecular weight excluding hydrogens is 284 g/mol. The lowest BCUT2D eigenvalue weighted by molar-refractivity contribution is 0.374. The van der Waals surface area contributed by atoms with Crippen LogP contribution in [-0.4, -0.2) is 19.7 Å². The highest BCUT2D eigenvalue weighted by Gasteiger charge is 2.30. The largest absolute Gasteiger partial charge is 0.338 e. The molecule has 6 heteroatoms. The molecule has 1 aliphatic carbocycles. The smallest absolute Gasteiger partial charge is 0.239 e. The van der Waals surface area contributed by atoms with Gasteiger partial charge in [-0.1, -0.05) is 29.1 Å². The van der Waals surface area contributed by atoms with Crippen molar-refractivity contribution in [3.63, 3.8) is 0 Å². The van der Waals surface area contributed by atoms with E-state index in [1.54, 1.807) is 11.8 Å². The number of aryl methyl sites for hydroxylation is 1. The summed E-state index contributed by atoms with van der Waals surface area (Å²) in [5, 5.41) is 5.14. The Kier molecular flexibility index (Phi) is 2.99. The molecule has 1 saturated carbocycles. The third-order valence-corrected chi connectivity index (χ3v) is 4.91. The van der Waals surface area contributed by atoms with E-state index in [4.69, 9.17) is 4.52 Å². The molecule has 5 nitrogen and oxygen atoms in total. The van der Waals surface area contributed by atoms with Crippen LogP contribution < -0.4 is 0 Å². The fraction of sp³-hybridized carbons (Fsp3) is 0.400. The molecule has 0 radical (unpaired) electrons. The molecule has 0 bridgehead atoms. The zero-order valence-corrected chi connectivity index (χ0v) is 12.8. The minimum atomic E-state index is 0.0977. The summed E-state index contributed by atoms with van der Waals surface area (Å²) in [5.74, 6) is 2.08. The predicted octanol–water partition coefficient (Wildman–Crippen LogP) is 3.69. The van der Waals surface area contributed by atoms with Gasteiger partial charge in [-0.25, -0.2) is 4.98 Å². The van der Waals surface area contributed by atoms with Crippen molar-refractivity contribution in [2.24, 2.45) is 7.05 Å². The molecule has 1 aliphatic rings. The molecule has 1 fully saturated rings. The lowest BCUT2D eigenvalue weighted by atomic mass is 10.3. The molecule has 1 aromatic carbocycles. The number of aromatic nitrogens is 4. The quantitative estimate of drug-likeness (QED) is 0.688. The Morgan fingerprint density at radius 2 is 2.10 bits per heavy atom. The summed E-state index contributed by atoms with van der Waals surface area (Å²) in [4.78, 5) is 9.18. The maximum Gasteiger partial charge on any atom is 0.239 e. The normalized spacial score (nSPS) is 16.5. The van der Waals surface area contributed by atoms with Crippen LogP contribution in [0.1, 0.15) is 42.6 Å². The number of para-hydroxylation sites is 2. The molecule has 21 heavy (non-hydrogen) atoms. The number of benzene rings is 1. The highest BCUT2D eigenvalue weighted by Crippen LogP contribution is 2.40. The number of rotatable bonds is 4. The van der Waals surface area contributed by atoms with Crippen LogP contribution in [0.25, 0.3) is 11.0 Å². The molecule has 0 aliphatic heterocycles. The van der Waals surface area contributed by atoms with Gasteiger partial charge >= 0.3 is 0 Å². The average molecular weight is 300 g/mol. The highest BCUT2D eigenvalue weighted by molar-refractivity contribution is 7.99. The Bertz CT molecular complexity index is 790. The summed E-state index contributed by atoms with van der Waals surface area (Å²) in [7, 11) is 2.04. The van der Waals surface area contributed by atoms with Crippen LogP contribution in [0.15, 0.2) is 33.9 Å². The Labute approximate surface area is 126 Å². The number of thioether (sulfide) groups is 1. The third-order valence-electron chi connectivity index (χ3n) is 3.78. The molecule has 108 valence electrons. The Morgan fingerprint density at radius 3 is 2.86 bits per heavy atom. The van der Waals surface area contributed by atoms with Crippen molar-refractivity contribution in [3.8, 4) is 0 Å². The van der Waals surface area contributed by atoms with Gasteiger partial charge in [-0.05, 0) is 31.9 Å². The van der Waals surface area contributed by atoms with Crippen molar-refractivity contribution in [1.29, 1.82) is 0 Å². The van der Waals surface area contributed by atoms with Crippen LogP contribution in [-0.2, 0) is 7.05 Å². The van der Waals surface area contributed by atoms with Crippen molar-refractivity contribution in [2.45, 2.75) is 36.1 Å². The van der Waals surface area contributed by atoms with Gasteiger partial charge in [-0.2, -0.15) is 4.98 Å². The first-order valence-corrected chi connectivity index (χ1v) is 8.02. The number of fused-ring (bicyclic) bond motifs is 1. The van der Waals surface area contributed by atoms with Crippen molar-refractivity contribution in [2.75, 3.05) is 0 Å². The molecule has 1 unspecified atom stereocenters. The number of hydrogen-bond acceptors (Lipinski definition) is 5. The first-order valence-electron chi connectivity index (χ1n) is 7.14. The second kappa shape index (κ2) is 4.87. The van der Waals surface area contributed by atoms with Gasteiger partial charge in [0.2, 0.25) is 5.89 Å². The van der Waals surface area contributed by atoms with Crippen molar-refractivity contribution in [3.05, 3.63) is 36.0 Å². The van der Waals surface area contributed by atoms with Crippen LogP contribution >= 0.6 is 11.8 Å². The monoisotopic (exact) mass is 300 g/mol. The van der Waals surface area contributed by atoms with E-state index in [0.717, 1.165) is 22.0 Å². The van der Waals surface area contributed by atoms with E-state index in [-0.39, 0.29) is 5.25 Å². The molecule has 4 rings (SSSR count). The fourth-order valence-corrected chi connectivity index (χ4v) is 3.28. The maximum absolute atomic E-state index is 5.39. The Morgan fingerprint density at radius 1 is 1.29 bits per heavy atom. The van der Waals surface area contributed by atoms with Crippen molar-refractivity contribution in [1.82, 2.24) is 19.7 Å². The summed E-state index contributed by atoms with van der Waals surface area (Å²) in [6, 6.07) is 8.14. The predicted molar refractivity (Wildman–Crippen MR) is 81.3 cm³/mol. The fourth-order valence-electron chi connectivity index (χ4n) is 2.36. The zero-order valence-electron chi connectivity index (χ0n) is 12.0. The number of hydrogen-bond donors (Lipinski definition) is 0. The van der Waals surface area contributed by atoms with Gasteiger partial charge in [0, 0.05) is 13.0 Å². The topological polar surface area (TPSA) is 56.7 Å². The number of imidazole rings is 1. The summed E-state index contributed by atoms with van der Waals surface area (Å²) in [6.07, 6.45) is 2.37. The summed E-state index contributed by atoms with van der Waals surface area (Å²) in [6.45, 7) is 2.08. The van der Waals surface area contributed by atoms with Crippen LogP contribution in [0.3, 0.4) is 0 Å². The first kappa shape index (κ1) is 12.9. The molecule has 3 aromatic rings. The molecule has 2 heterocycles. The van der Waals surface area contributed by atoms with Gasteiger partial charge in [0.1, 0.15) is 0 Å².